The molecule has 0 heterocycles. The highest BCUT2D eigenvalue weighted by Crippen LogP contribution is 2.18. The molecule has 0 amide bonds. The van der Waals surface area contributed by atoms with E-state index in [2.05, 4.69) is 0 Å². The number of ketones is 1. The molecule has 0 unspecified atom stereocenters. The highest BCUT2D eigenvalue weighted by Gasteiger charge is 2.13. The Morgan fingerprint density at radius 2 is 1.76 bits per heavy atom. The Kier molecular flexibility index (Phi) is 3.01. The van der Waals surface area contributed by atoms with E-state index in [1.807, 2.05) is 0 Å². The average molecular weight is 226 g/mol. The fourth-order valence-corrected chi connectivity index (χ4v) is 1.59. The van der Waals surface area contributed by atoms with E-state index in [1.165, 1.54) is 18.2 Å². The van der Waals surface area contributed by atoms with Crippen LogP contribution in [0.5, 0.6) is 5.75 Å². The fraction of sp³-hybridized carbons (Fsp3) is 0. The summed E-state index contributed by atoms with van der Waals surface area (Å²) in [5, 5.41) is 9.36. The molecular weight excluding hydrogens is 216 g/mol. The Morgan fingerprint density at radius 3 is 2.41 bits per heavy atom. The smallest absolute Gasteiger partial charge is 0.193 e. The van der Waals surface area contributed by atoms with Crippen LogP contribution in [-0.4, -0.2) is 17.2 Å². The first-order valence-corrected chi connectivity index (χ1v) is 5.10. The maximum absolute atomic E-state index is 12.1. The van der Waals surface area contributed by atoms with E-state index in [0.717, 1.165) is 0 Å². The Hall–Kier alpha value is -2.42. The largest absolute Gasteiger partial charge is 0.508 e. The predicted octanol–water partition coefficient (Wildman–Crippen LogP) is 2.44. The van der Waals surface area contributed by atoms with Gasteiger partial charge >= 0.3 is 0 Å². The summed E-state index contributed by atoms with van der Waals surface area (Å²) in [7, 11) is 0. The molecule has 0 aliphatic heterocycles. The summed E-state index contributed by atoms with van der Waals surface area (Å²) in [6.07, 6.45) is 0.607. The minimum Gasteiger partial charge on any atom is -0.508 e. The second-order valence-electron chi connectivity index (χ2n) is 3.58. The van der Waals surface area contributed by atoms with Gasteiger partial charge in [-0.15, -0.1) is 0 Å². The summed E-state index contributed by atoms with van der Waals surface area (Å²) < 4.78 is 0. The van der Waals surface area contributed by atoms with Crippen molar-refractivity contribution in [1.29, 1.82) is 0 Å². The van der Waals surface area contributed by atoms with Crippen LogP contribution in [0.3, 0.4) is 0 Å². The molecule has 84 valence electrons. The number of rotatable bonds is 3. The van der Waals surface area contributed by atoms with Gasteiger partial charge in [-0.25, -0.2) is 0 Å². The fourth-order valence-electron chi connectivity index (χ4n) is 1.59. The summed E-state index contributed by atoms with van der Waals surface area (Å²) in [6.45, 7) is 0. The van der Waals surface area contributed by atoms with E-state index in [1.54, 1.807) is 30.3 Å². The van der Waals surface area contributed by atoms with E-state index in [9.17, 15) is 14.7 Å². The topological polar surface area (TPSA) is 54.4 Å². The van der Waals surface area contributed by atoms with E-state index < -0.39 is 0 Å². The molecule has 0 saturated carbocycles. The van der Waals surface area contributed by atoms with Gasteiger partial charge < -0.3 is 5.11 Å². The molecule has 0 aliphatic carbocycles. The van der Waals surface area contributed by atoms with Crippen molar-refractivity contribution in [3.8, 4) is 5.75 Å². The van der Waals surface area contributed by atoms with Crippen molar-refractivity contribution in [2.45, 2.75) is 0 Å². The van der Waals surface area contributed by atoms with Crippen LogP contribution in [0.4, 0.5) is 0 Å². The van der Waals surface area contributed by atoms with Crippen molar-refractivity contribution in [3.05, 3.63) is 65.2 Å². The first-order chi connectivity index (χ1) is 8.22. The van der Waals surface area contributed by atoms with Crippen LogP contribution in [0.15, 0.2) is 48.5 Å². The van der Waals surface area contributed by atoms with E-state index in [0.29, 0.717) is 11.8 Å². The molecule has 17 heavy (non-hydrogen) atoms. The van der Waals surface area contributed by atoms with E-state index >= 15 is 0 Å². The molecule has 0 saturated heterocycles. The molecule has 1 N–H and O–H groups in total. The second-order valence-corrected chi connectivity index (χ2v) is 3.58. The summed E-state index contributed by atoms with van der Waals surface area (Å²) in [4.78, 5) is 22.9. The highest BCUT2D eigenvalue weighted by molar-refractivity contribution is 6.12. The number of hydrogen-bond donors (Lipinski definition) is 1. The van der Waals surface area contributed by atoms with Gasteiger partial charge in [-0.2, -0.15) is 0 Å². The zero-order chi connectivity index (χ0) is 12.3. The molecule has 0 atom stereocenters. The van der Waals surface area contributed by atoms with Crippen LogP contribution >= 0.6 is 0 Å². The van der Waals surface area contributed by atoms with Gasteiger partial charge in [0.05, 0.1) is 0 Å². The van der Waals surface area contributed by atoms with Crippen molar-refractivity contribution < 1.29 is 14.7 Å². The van der Waals surface area contributed by atoms with Gasteiger partial charge in [0.1, 0.15) is 5.75 Å². The van der Waals surface area contributed by atoms with Gasteiger partial charge in [0, 0.05) is 16.7 Å². The van der Waals surface area contributed by atoms with Crippen LogP contribution < -0.4 is 0 Å². The molecule has 0 fully saturated rings. The van der Waals surface area contributed by atoms with Crippen molar-refractivity contribution >= 4 is 12.1 Å². The summed E-state index contributed by atoms with van der Waals surface area (Å²) in [5.41, 5.74) is 0.976. The van der Waals surface area contributed by atoms with Gasteiger partial charge in [0.25, 0.3) is 0 Å². The van der Waals surface area contributed by atoms with Crippen LogP contribution in [0.1, 0.15) is 26.3 Å². The van der Waals surface area contributed by atoms with Crippen molar-refractivity contribution in [2.75, 3.05) is 0 Å². The third-order valence-corrected chi connectivity index (χ3v) is 2.44. The lowest BCUT2D eigenvalue weighted by atomic mass is 9.99. The molecule has 3 nitrogen and oxygen atoms in total. The zero-order valence-electron chi connectivity index (χ0n) is 8.96. The lowest BCUT2D eigenvalue weighted by molar-refractivity contribution is 0.102. The maximum atomic E-state index is 12.1. The Bertz CT molecular complexity index is 559. The third kappa shape index (κ3) is 2.23. The van der Waals surface area contributed by atoms with Gasteiger partial charge in [0.15, 0.2) is 12.1 Å². The number of carbonyl (C=O) groups excluding carboxylic acids is 2. The Balaban J connectivity index is 2.50. The average Bonchev–Trinajstić information content (AvgIpc) is 2.39. The number of benzene rings is 2. The molecule has 2 aromatic carbocycles. The van der Waals surface area contributed by atoms with Crippen molar-refractivity contribution in [1.82, 2.24) is 0 Å². The van der Waals surface area contributed by atoms with Gasteiger partial charge in [-0.1, -0.05) is 30.3 Å². The van der Waals surface area contributed by atoms with Crippen LogP contribution in [0, 0.1) is 0 Å². The zero-order valence-corrected chi connectivity index (χ0v) is 8.96. The van der Waals surface area contributed by atoms with Crippen LogP contribution in [-0.2, 0) is 0 Å². The number of phenols is 1. The first-order valence-electron chi connectivity index (χ1n) is 5.10. The minimum absolute atomic E-state index is 0.0325. The Labute approximate surface area is 98.3 Å². The molecular formula is C14H10O3. The van der Waals surface area contributed by atoms with Crippen LogP contribution in [0.25, 0.3) is 0 Å². The first kappa shape index (κ1) is 11.1. The molecule has 0 spiro atoms. The lowest BCUT2D eigenvalue weighted by Gasteiger charge is -2.04. The highest BCUT2D eigenvalue weighted by atomic mass is 16.3. The molecule has 2 rings (SSSR count). The second kappa shape index (κ2) is 4.61. The molecule has 3 heteroatoms. The summed E-state index contributed by atoms with van der Waals surface area (Å²) >= 11 is 0. The number of aldehydes is 1. The standard InChI is InChI=1S/C14H10O3/c15-9-11-6-7-12(16)8-13(11)14(17)10-4-2-1-3-5-10/h1-9,16H. The van der Waals surface area contributed by atoms with Gasteiger partial charge in [-0.3, -0.25) is 9.59 Å². The maximum Gasteiger partial charge on any atom is 0.193 e. The van der Waals surface area contributed by atoms with Crippen molar-refractivity contribution in [3.63, 3.8) is 0 Å². The molecule has 0 bridgehead atoms. The number of hydrogen-bond acceptors (Lipinski definition) is 3. The van der Waals surface area contributed by atoms with Crippen LogP contribution in [0.2, 0.25) is 0 Å². The minimum atomic E-state index is -0.274. The third-order valence-electron chi connectivity index (χ3n) is 2.44. The van der Waals surface area contributed by atoms with Crippen molar-refractivity contribution in [2.24, 2.45) is 0 Å². The lowest BCUT2D eigenvalue weighted by Crippen LogP contribution is -2.04. The molecule has 0 radical (unpaired) electrons. The van der Waals surface area contributed by atoms with E-state index in [-0.39, 0.29) is 22.7 Å². The summed E-state index contributed by atoms with van der Waals surface area (Å²) in [5.74, 6) is -0.307. The number of carbonyl (C=O) groups is 2. The SMILES string of the molecule is O=Cc1ccc(O)cc1C(=O)c1ccccc1. The van der Waals surface area contributed by atoms with Gasteiger partial charge in [0.2, 0.25) is 0 Å². The molecule has 0 aromatic heterocycles. The van der Waals surface area contributed by atoms with Gasteiger partial charge in [-0.05, 0) is 18.2 Å². The van der Waals surface area contributed by atoms with E-state index in [4.69, 9.17) is 0 Å². The molecule has 2 aromatic rings. The Morgan fingerprint density at radius 1 is 1.06 bits per heavy atom. The summed E-state index contributed by atoms with van der Waals surface area (Å²) in [6, 6.07) is 12.7. The number of phenolic OH excluding ortho intramolecular Hbond substituents is 1. The monoisotopic (exact) mass is 226 g/mol. The molecule has 0 aliphatic rings. The normalized spacial score (nSPS) is 9.88. The predicted molar refractivity (Wildman–Crippen MR) is 63.4 cm³/mol. The quantitative estimate of drug-likeness (QED) is 0.646. The number of aromatic hydroxyl groups is 1.